The zero-order chi connectivity index (χ0) is 13.6. The summed E-state index contributed by atoms with van der Waals surface area (Å²) in [6, 6.07) is 7.15. The number of benzene rings is 1. The Balaban J connectivity index is 2.62. The molecule has 0 spiro atoms. The van der Waals surface area contributed by atoms with Crippen LogP contribution in [0.2, 0.25) is 0 Å². The predicted molar refractivity (Wildman–Crippen MR) is 68.5 cm³/mol. The minimum Gasteiger partial charge on any atom is -0.497 e. The maximum Gasteiger partial charge on any atom is 0.119 e. The molecule has 0 saturated carbocycles. The maximum absolute atomic E-state index is 10.0. The molecule has 0 aliphatic carbocycles. The molecule has 1 aromatic rings. The van der Waals surface area contributed by atoms with Gasteiger partial charge in [-0.25, -0.2) is 0 Å². The molecule has 0 aliphatic heterocycles. The lowest BCUT2D eigenvalue weighted by molar-refractivity contribution is 0.0845. The van der Waals surface area contributed by atoms with Crippen molar-refractivity contribution in [1.29, 1.82) is 0 Å². The lowest BCUT2D eigenvalue weighted by atomic mass is 10.0. The van der Waals surface area contributed by atoms with Gasteiger partial charge in [0.2, 0.25) is 0 Å². The van der Waals surface area contributed by atoms with Gasteiger partial charge in [0.25, 0.3) is 0 Å². The molecule has 0 heterocycles. The van der Waals surface area contributed by atoms with Crippen LogP contribution in [0.1, 0.15) is 18.6 Å². The number of aliphatic hydroxyl groups is 3. The molecule has 1 rings (SSSR count). The van der Waals surface area contributed by atoms with E-state index in [-0.39, 0.29) is 19.8 Å². The Kier molecular flexibility index (Phi) is 5.55. The van der Waals surface area contributed by atoms with Crippen LogP contribution in [0.15, 0.2) is 24.3 Å². The quantitative estimate of drug-likeness (QED) is 0.554. The van der Waals surface area contributed by atoms with E-state index >= 15 is 0 Å². The number of nitrogens with one attached hydrogen (secondary N) is 1. The van der Waals surface area contributed by atoms with E-state index < -0.39 is 11.6 Å². The van der Waals surface area contributed by atoms with Crippen LogP contribution < -0.4 is 10.1 Å². The van der Waals surface area contributed by atoms with Crippen LogP contribution in [-0.4, -0.2) is 47.7 Å². The fourth-order valence-electron chi connectivity index (χ4n) is 1.47. The fraction of sp³-hybridized carbons (Fsp3) is 0.538. The third kappa shape index (κ3) is 3.96. The first kappa shape index (κ1) is 14.9. The van der Waals surface area contributed by atoms with Crippen molar-refractivity contribution in [1.82, 2.24) is 5.32 Å². The molecule has 5 heteroatoms. The van der Waals surface area contributed by atoms with E-state index in [9.17, 15) is 5.11 Å². The van der Waals surface area contributed by atoms with Crippen LogP contribution in [0.3, 0.4) is 0 Å². The molecule has 1 atom stereocenters. The number of ether oxygens (including phenoxy) is 1. The van der Waals surface area contributed by atoms with E-state index in [1.807, 2.05) is 0 Å². The van der Waals surface area contributed by atoms with Gasteiger partial charge in [0.05, 0.1) is 32.0 Å². The summed E-state index contributed by atoms with van der Waals surface area (Å²) in [6.45, 7) is 1.53. The second kappa shape index (κ2) is 6.70. The van der Waals surface area contributed by atoms with Gasteiger partial charge in [-0.15, -0.1) is 0 Å². The van der Waals surface area contributed by atoms with Gasteiger partial charge in [0.15, 0.2) is 0 Å². The highest BCUT2D eigenvalue weighted by Gasteiger charge is 2.22. The van der Waals surface area contributed by atoms with E-state index in [2.05, 4.69) is 5.32 Å². The minimum absolute atomic E-state index is 0.200. The van der Waals surface area contributed by atoms with Crippen LogP contribution in [0.5, 0.6) is 5.75 Å². The first-order valence-electron chi connectivity index (χ1n) is 5.83. The molecule has 0 aromatic heterocycles. The van der Waals surface area contributed by atoms with Crippen LogP contribution in [0.25, 0.3) is 0 Å². The van der Waals surface area contributed by atoms with Crippen molar-refractivity contribution < 1.29 is 20.1 Å². The Labute approximate surface area is 107 Å². The van der Waals surface area contributed by atoms with E-state index in [1.54, 1.807) is 38.3 Å². The lowest BCUT2D eigenvalue weighted by Gasteiger charge is -2.27. The van der Waals surface area contributed by atoms with Crippen LogP contribution >= 0.6 is 0 Å². The van der Waals surface area contributed by atoms with Crippen molar-refractivity contribution in [3.63, 3.8) is 0 Å². The molecule has 102 valence electrons. The van der Waals surface area contributed by atoms with Gasteiger partial charge in [-0.1, -0.05) is 12.1 Å². The number of aliphatic hydroxyl groups excluding tert-OH is 3. The topological polar surface area (TPSA) is 82.0 Å². The third-order valence-corrected chi connectivity index (χ3v) is 2.90. The van der Waals surface area contributed by atoms with Crippen molar-refractivity contribution >= 4 is 0 Å². The molecular weight excluding hydrogens is 234 g/mol. The average molecular weight is 255 g/mol. The van der Waals surface area contributed by atoms with Crippen molar-refractivity contribution in [3.8, 4) is 5.75 Å². The summed E-state index contributed by atoms with van der Waals surface area (Å²) in [5, 5.41) is 31.2. The van der Waals surface area contributed by atoms with Gasteiger partial charge < -0.3 is 25.4 Å². The molecule has 4 N–H and O–H groups in total. The Hall–Kier alpha value is -1.14. The second-order valence-electron chi connectivity index (χ2n) is 4.55. The van der Waals surface area contributed by atoms with Gasteiger partial charge in [-0.2, -0.15) is 0 Å². The highest BCUT2D eigenvalue weighted by Crippen LogP contribution is 2.19. The van der Waals surface area contributed by atoms with Crippen LogP contribution in [-0.2, 0) is 0 Å². The smallest absolute Gasteiger partial charge is 0.119 e. The fourth-order valence-corrected chi connectivity index (χ4v) is 1.47. The molecule has 0 saturated heterocycles. The van der Waals surface area contributed by atoms with Crippen molar-refractivity contribution in [2.24, 2.45) is 0 Å². The summed E-state index contributed by atoms with van der Waals surface area (Å²) in [5.41, 5.74) is -0.0695. The molecule has 18 heavy (non-hydrogen) atoms. The number of β-amino-alcohol motifs (C(OH)–C–C–N with tert-alkyl or cyclic N) is 1. The summed E-state index contributed by atoms with van der Waals surface area (Å²) < 4.78 is 5.08. The van der Waals surface area contributed by atoms with E-state index in [0.717, 1.165) is 5.56 Å². The Morgan fingerprint density at radius 3 is 2.56 bits per heavy atom. The van der Waals surface area contributed by atoms with E-state index in [4.69, 9.17) is 14.9 Å². The Morgan fingerprint density at radius 2 is 2.00 bits per heavy atom. The monoisotopic (exact) mass is 255 g/mol. The lowest BCUT2D eigenvalue weighted by Crippen LogP contribution is -2.50. The SMILES string of the molecule is COc1cccc(C(O)CNC(C)(CO)CO)c1. The highest BCUT2D eigenvalue weighted by atomic mass is 16.5. The summed E-state index contributed by atoms with van der Waals surface area (Å²) in [5.74, 6) is 0.679. The zero-order valence-electron chi connectivity index (χ0n) is 10.8. The summed E-state index contributed by atoms with van der Waals surface area (Å²) in [4.78, 5) is 0. The van der Waals surface area contributed by atoms with Crippen LogP contribution in [0, 0.1) is 0 Å². The van der Waals surface area contributed by atoms with Crippen molar-refractivity contribution in [2.75, 3.05) is 26.9 Å². The molecule has 0 fully saturated rings. The van der Waals surface area contributed by atoms with Gasteiger partial charge >= 0.3 is 0 Å². The van der Waals surface area contributed by atoms with E-state index in [0.29, 0.717) is 5.75 Å². The zero-order valence-corrected chi connectivity index (χ0v) is 10.8. The molecular formula is C13H21NO4. The third-order valence-electron chi connectivity index (χ3n) is 2.90. The number of methoxy groups -OCH3 is 1. The largest absolute Gasteiger partial charge is 0.497 e. The molecule has 0 bridgehead atoms. The molecule has 5 nitrogen and oxygen atoms in total. The predicted octanol–water partition coefficient (Wildman–Crippen LogP) is 0.0615. The van der Waals surface area contributed by atoms with Gasteiger partial charge in [-0.3, -0.25) is 0 Å². The maximum atomic E-state index is 10.0. The molecule has 1 unspecified atom stereocenters. The van der Waals surface area contributed by atoms with Gasteiger partial charge in [0, 0.05) is 6.54 Å². The average Bonchev–Trinajstić information content (AvgIpc) is 2.44. The van der Waals surface area contributed by atoms with Crippen molar-refractivity contribution in [2.45, 2.75) is 18.6 Å². The molecule has 0 aliphatic rings. The molecule has 0 radical (unpaired) electrons. The standard InChI is InChI=1S/C13H21NO4/c1-13(8-15,9-16)14-7-12(17)10-4-3-5-11(6-10)18-2/h3-6,12,14-17H,7-9H2,1-2H3. The summed E-state index contributed by atoms with van der Waals surface area (Å²) in [6.07, 6.45) is -0.725. The van der Waals surface area contributed by atoms with Crippen molar-refractivity contribution in [3.05, 3.63) is 29.8 Å². The number of hydrogen-bond acceptors (Lipinski definition) is 5. The summed E-state index contributed by atoms with van der Waals surface area (Å²) in [7, 11) is 1.57. The van der Waals surface area contributed by atoms with Gasteiger partial charge in [0.1, 0.15) is 5.75 Å². The Bertz CT molecular complexity index is 366. The minimum atomic E-state index is -0.792. The Morgan fingerprint density at radius 1 is 1.33 bits per heavy atom. The van der Waals surface area contributed by atoms with E-state index in [1.165, 1.54) is 0 Å². The first-order valence-corrected chi connectivity index (χ1v) is 5.83. The normalized spacial score (nSPS) is 13.4. The van der Waals surface area contributed by atoms with Gasteiger partial charge in [-0.05, 0) is 24.6 Å². The summed E-state index contributed by atoms with van der Waals surface area (Å²) >= 11 is 0. The molecule has 0 amide bonds. The highest BCUT2D eigenvalue weighted by molar-refractivity contribution is 5.29. The number of hydrogen-bond donors (Lipinski definition) is 4. The second-order valence-corrected chi connectivity index (χ2v) is 4.55. The number of rotatable bonds is 7. The first-order chi connectivity index (χ1) is 8.54. The molecule has 1 aromatic carbocycles. The van der Waals surface area contributed by atoms with Crippen LogP contribution in [0.4, 0.5) is 0 Å².